The Balaban J connectivity index is 3.10. The molecule has 1 rings (SSSR count). The number of halogens is 1. The molecule has 3 nitrogen and oxygen atoms in total. The van der Waals surface area contributed by atoms with Crippen molar-refractivity contribution in [2.75, 3.05) is 12.4 Å². The van der Waals surface area contributed by atoms with E-state index in [0.29, 0.717) is 17.6 Å². The highest BCUT2D eigenvalue weighted by molar-refractivity contribution is 9.09. The lowest BCUT2D eigenvalue weighted by Gasteiger charge is -2.07. The Hall–Kier alpha value is -1.29. The van der Waals surface area contributed by atoms with E-state index in [-0.39, 0.29) is 11.3 Å². The average Bonchev–Trinajstić information content (AvgIpc) is 2.30. The summed E-state index contributed by atoms with van der Waals surface area (Å²) in [7, 11) is 1.45. The number of methoxy groups -OCH3 is 1. The second-order valence-electron chi connectivity index (χ2n) is 3.12. The minimum Gasteiger partial charge on any atom is -0.504 e. The van der Waals surface area contributed by atoms with E-state index in [1.54, 1.807) is 12.1 Å². The summed E-state index contributed by atoms with van der Waals surface area (Å²) in [5.41, 5.74) is 0.944. The summed E-state index contributed by atoms with van der Waals surface area (Å²) in [5, 5.41) is 10.6. The van der Waals surface area contributed by atoms with E-state index in [4.69, 9.17) is 4.74 Å². The number of hydrogen-bond donors (Lipinski definition) is 1. The quantitative estimate of drug-likeness (QED) is 0.668. The number of phenolic OH excluding ortho intramolecular Hbond substituents is 1. The number of allylic oxidation sites excluding steroid dienone is 1. The predicted molar refractivity (Wildman–Crippen MR) is 67.5 cm³/mol. The van der Waals surface area contributed by atoms with Gasteiger partial charge in [-0.15, -0.1) is 0 Å². The summed E-state index contributed by atoms with van der Waals surface area (Å²) in [6, 6.07) is 3.38. The number of aldehydes is 1. The molecule has 4 heteroatoms. The molecule has 86 valence electrons. The molecular weight excluding hydrogens is 272 g/mol. The molecule has 0 bridgehead atoms. The van der Waals surface area contributed by atoms with Crippen molar-refractivity contribution in [3.63, 3.8) is 0 Å². The molecule has 0 saturated carbocycles. The summed E-state index contributed by atoms with van der Waals surface area (Å²) in [6.45, 7) is 0. The van der Waals surface area contributed by atoms with E-state index in [0.717, 1.165) is 11.8 Å². The molecule has 1 aromatic rings. The van der Waals surface area contributed by atoms with Crippen LogP contribution in [0.5, 0.6) is 11.5 Å². The van der Waals surface area contributed by atoms with E-state index >= 15 is 0 Å². The van der Waals surface area contributed by atoms with Crippen LogP contribution in [0.1, 0.15) is 22.3 Å². The smallest absolute Gasteiger partial charge is 0.168 e. The van der Waals surface area contributed by atoms with Crippen LogP contribution in [0.3, 0.4) is 0 Å². The van der Waals surface area contributed by atoms with Gasteiger partial charge in [-0.25, -0.2) is 0 Å². The van der Waals surface area contributed by atoms with Crippen molar-refractivity contribution in [2.24, 2.45) is 0 Å². The van der Waals surface area contributed by atoms with Gasteiger partial charge in [-0.3, -0.25) is 4.79 Å². The number of phenols is 1. The Kier molecular flexibility index (Phi) is 5.05. The SMILES string of the molecule is COc1ccc(C=CCCBr)c(C=O)c1O. The molecule has 0 aromatic heterocycles. The highest BCUT2D eigenvalue weighted by Crippen LogP contribution is 2.31. The molecule has 0 fully saturated rings. The molecule has 0 amide bonds. The Bertz CT molecular complexity index is 399. The second kappa shape index (κ2) is 6.33. The topological polar surface area (TPSA) is 46.5 Å². The van der Waals surface area contributed by atoms with Crippen LogP contribution < -0.4 is 4.74 Å². The van der Waals surface area contributed by atoms with Crippen molar-refractivity contribution in [1.29, 1.82) is 0 Å². The monoisotopic (exact) mass is 284 g/mol. The molecule has 0 unspecified atom stereocenters. The Morgan fingerprint density at radius 2 is 2.25 bits per heavy atom. The fraction of sp³-hybridized carbons (Fsp3) is 0.250. The summed E-state index contributed by atoms with van der Waals surface area (Å²) < 4.78 is 4.93. The zero-order valence-electron chi connectivity index (χ0n) is 8.94. The fourth-order valence-electron chi connectivity index (χ4n) is 1.31. The molecule has 0 spiro atoms. The number of hydrogen-bond acceptors (Lipinski definition) is 3. The normalized spacial score (nSPS) is 10.6. The number of benzene rings is 1. The molecule has 0 atom stereocenters. The molecule has 0 heterocycles. The van der Waals surface area contributed by atoms with E-state index in [1.165, 1.54) is 7.11 Å². The highest BCUT2D eigenvalue weighted by atomic mass is 79.9. The molecule has 0 aliphatic carbocycles. The fourth-order valence-corrected chi connectivity index (χ4v) is 1.58. The third-order valence-electron chi connectivity index (χ3n) is 2.12. The first-order valence-electron chi connectivity index (χ1n) is 4.82. The summed E-state index contributed by atoms with van der Waals surface area (Å²) in [4.78, 5) is 10.9. The number of ether oxygens (including phenoxy) is 1. The lowest BCUT2D eigenvalue weighted by molar-refractivity contribution is 0.112. The van der Waals surface area contributed by atoms with Crippen molar-refractivity contribution < 1.29 is 14.6 Å². The summed E-state index contributed by atoms with van der Waals surface area (Å²) >= 11 is 3.31. The van der Waals surface area contributed by atoms with Gasteiger partial charge in [0.2, 0.25) is 0 Å². The van der Waals surface area contributed by atoms with Gasteiger partial charge in [0, 0.05) is 5.33 Å². The van der Waals surface area contributed by atoms with E-state index in [1.807, 2.05) is 12.2 Å². The number of carbonyl (C=O) groups is 1. The average molecular weight is 285 g/mol. The van der Waals surface area contributed by atoms with Gasteiger partial charge in [0.1, 0.15) is 0 Å². The zero-order chi connectivity index (χ0) is 12.0. The van der Waals surface area contributed by atoms with Crippen molar-refractivity contribution >= 4 is 28.3 Å². The first-order valence-corrected chi connectivity index (χ1v) is 5.94. The van der Waals surface area contributed by atoms with E-state index < -0.39 is 0 Å². The first-order chi connectivity index (χ1) is 7.74. The van der Waals surface area contributed by atoms with Crippen molar-refractivity contribution in [2.45, 2.75) is 6.42 Å². The van der Waals surface area contributed by atoms with Crippen LogP contribution >= 0.6 is 15.9 Å². The second-order valence-corrected chi connectivity index (χ2v) is 3.91. The van der Waals surface area contributed by atoms with Crippen molar-refractivity contribution in [3.05, 3.63) is 29.3 Å². The highest BCUT2D eigenvalue weighted by Gasteiger charge is 2.10. The zero-order valence-corrected chi connectivity index (χ0v) is 10.5. The third kappa shape index (κ3) is 2.85. The molecule has 16 heavy (non-hydrogen) atoms. The van der Waals surface area contributed by atoms with Crippen LogP contribution in [-0.2, 0) is 0 Å². The van der Waals surface area contributed by atoms with Crippen LogP contribution in [0, 0.1) is 0 Å². The van der Waals surface area contributed by atoms with Gasteiger partial charge in [0.25, 0.3) is 0 Å². The lowest BCUT2D eigenvalue weighted by atomic mass is 10.1. The number of carbonyl (C=O) groups excluding carboxylic acids is 1. The number of aromatic hydroxyl groups is 1. The molecule has 0 radical (unpaired) electrons. The Labute approximate surface area is 103 Å². The number of rotatable bonds is 5. The molecule has 0 aliphatic heterocycles. The van der Waals surface area contributed by atoms with Crippen LogP contribution in [0.2, 0.25) is 0 Å². The van der Waals surface area contributed by atoms with Gasteiger partial charge in [-0.1, -0.05) is 34.1 Å². The molecule has 0 saturated heterocycles. The van der Waals surface area contributed by atoms with Gasteiger partial charge in [0.05, 0.1) is 12.7 Å². The Morgan fingerprint density at radius 1 is 1.50 bits per heavy atom. The van der Waals surface area contributed by atoms with Crippen LogP contribution in [0.15, 0.2) is 18.2 Å². The van der Waals surface area contributed by atoms with Gasteiger partial charge < -0.3 is 9.84 Å². The molecule has 1 aromatic carbocycles. The molecule has 1 N–H and O–H groups in total. The lowest BCUT2D eigenvalue weighted by Crippen LogP contribution is -1.91. The first kappa shape index (κ1) is 12.8. The van der Waals surface area contributed by atoms with Crippen molar-refractivity contribution in [1.82, 2.24) is 0 Å². The van der Waals surface area contributed by atoms with Gasteiger partial charge in [-0.05, 0) is 18.1 Å². The third-order valence-corrected chi connectivity index (χ3v) is 2.58. The molecule has 0 aliphatic rings. The van der Waals surface area contributed by atoms with Gasteiger partial charge in [-0.2, -0.15) is 0 Å². The van der Waals surface area contributed by atoms with Crippen LogP contribution in [0.25, 0.3) is 6.08 Å². The van der Waals surface area contributed by atoms with Gasteiger partial charge in [0.15, 0.2) is 17.8 Å². The largest absolute Gasteiger partial charge is 0.504 e. The minimum atomic E-state index is -0.113. The van der Waals surface area contributed by atoms with Crippen molar-refractivity contribution in [3.8, 4) is 11.5 Å². The molecular formula is C12H13BrO3. The maximum Gasteiger partial charge on any atom is 0.168 e. The predicted octanol–water partition coefficient (Wildman–Crippen LogP) is 3.01. The van der Waals surface area contributed by atoms with Gasteiger partial charge >= 0.3 is 0 Å². The van der Waals surface area contributed by atoms with E-state index in [9.17, 15) is 9.90 Å². The summed E-state index contributed by atoms with van der Waals surface area (Å²) in [5.74, 6) is 0.193. The summed E-state index contributed by atoms with van der Waals surface area (Å²) in [6.07, 6.45) is 5.24. The Morgan fingerprint density at radius 3 is 2.81 bits per heavy atom. The number of alkyl halides is 1. The van der Waals surface area contributed by atoms with Crippen LogP contribution in [0.4, 0.5) is 0 Å². The minimum absolute atomic E-state index is 0.113. The van der Waals surface area contributed by atoms with E-state index in [2.05, 4.69) is 15.9 Å². The maximum atomic E-state index is 10.9. The standard InChI is InChI=1S/C12H13BrO3/c1-16-11-6-5-9(4-2-3-7-13)10(8-14)12(11)15/h2,4-6,8,15H,3,7H2,1H3. The maximum absolute atomic E-state index is 10.9. The van der Waals surface area contributed by atoms with Crippen LogP contribution in [-0.4, -0.2) is 23.8 Å².